The van der Waals surface area contributed by atoms with Gasteiger partial charge in [0.25, 0.3) is 0 Å². The molecule has 2 N–H and O–H groups in total. The minimum Gasteiger partial charge on any atom is -0.390 e. The molecule has 0 saturated carbocycles. The molecule has 2 aromatic heterocycles. The molecule has 5 nitrogen and oxygen atoms in total. The molecular weight excluding hydrogens is 156 g/mol. The number of nitrogens with one attached hydrogen (secondary N) is 1. The van der Waals surface area contributed by atoms with Gasteiger partial charge in [0.1, 0.15) is 0 Å². The van der Waals surface area contributed by atoms with E-state index in [1.165, 1.54) is 0 Å². The minimum atomic E-state index is -0.0369. The van der Waals surface area contributed by atoms with E-state index in [0.717, 1.165) is 5.69 Å². The zero-order chi connectivity index (χ0) is 8.39. The molecule has 0 unspecified atom stereocenters. The van der Waals surface area contributed by atoms with E-state index in [-0.39, 0.29) is 6.61 Å². The Kier molecular flexibility index (Phi) is 1.64. The van der Waals surface area contributed by atoms with Crippen molar-refractivity contribution in [2.75, 3.05) is 0 Å². The van der Waals surface area contributed by atoms with E-state index in [2.05, 4.69) is 15.2 Å². The summed E-state index contributed by atoms with van der Waals surface area (Å²) >= 11 is 0. The molecule has 2 rings (SSSR count). The Bertz CT molecular complexity index is 351. The van der Waals surface area contributed by atoms with Gasteiger partial charge in [0.15, 0.2) is 0 Å². The number of aliphatic hydroxyl groups is 1. The normalized spacial score (nSPS) is 10.4. The lowest BCUT2D eigenvalue weighted by Gasteiger charge is -1.92. The SMILES string of the molecule is OCc1cn(-c2cn[nH]c2)cn1. The minimum absolute atomic E-state index is 0.0369. The highest BCUT2D eigenvalue weighted by Gasteiger charge is 1.99. The van der Waals surface area contributed by atoms with E-state index in [4.69, 9.17) is 5.11 Å². The predicted octanol–water partition coefficient (Wildman–Crippen LogP) is 0.0877. The first-order valence-electron chi connectivity index (χ1n) is 3.53. The molecule has 0 aliphatic carbocycles. The lowest BCUT2D eigenvalue weighted by Crippen LogP contribution is -1.86. The highest BCUT2D eigenvalue weighted by Crippen LogP contribution is 2.04. The van der Waals surface area contributed by atoms with Crippen molar-refractivity contribution in [2.24, 2.45) is 0 Å². The van der Waals surface area contributed by atoms with Gasteiger partial charge in [-0.25, -0.2) is 4.98 Å². The van der Waals surface area contributed by atoms with Crippen LogP contribution < -0.4 is 0 Å². The van der Waals surface area contributed by atoms with E-state index in [1.54, 1.807) is 29.5 Å². The van der Waals surface area contributed by atoms with Crippen LogP contribution in [0.3, 0.4) is 0 Å². The van der Waals surface area contributed by atoms with E-state index < -0.39 is 0 Å². The smallest absolute Gasteiger partial charge is 0.0997 e. The average molecular weight is 164 g/mol. The number of hydrogen-bond donors (Lipinski definition) is 2. The highest BCUT2D eigenvalue weighted by molar-refractivity contribution is 5.25. The fourth-order valence-corrected chi connectivity index (χ4v) is 0.972. The maximum Gasteiger partial charge on any atom is 0.0997 e. The van der Waals surface area contributed by atoms with Gasteiger partial charge in [-0.1, -0.05) is 0 Å². The monoisotopic (exact) mass is 164 g/mol. The third-order valence-corrected chi connectivity index (χ3v) is 1.58. The Labute approximate surface area is 68.7 Å². The Morgan fingerprint density at radius 2 is 2.50 bits per heavy atom. The van der Waals surface area contributed by atoms with E-state index in [1.807, 2.05) is 0 Å². The third-order valence-electron chi connectivity index (χ3n) is 1.58. The second-order valence-corrected chi connectivity index (χ2v) is 2.39. The lowest BCUT2D eigenvalue weighted by atomic mass is 10.5. The number of hydrogen-bond acceptors (Lipinski definition) is 3. The van der Waals surface area contributed by atoms with Gasteiger partial charge in [0.05, 0.1) is 30.5 Å². The number of aliphatic hydroxyl groups excluding tert-OH is 1. The molecule has 0 amide bonds. The van der Waals surface area contributed by atoms with Crippen molar-refractivity contribution in [1.82, 2.24) is 19.7 Å². The zero-order valence-corrected chi connectivity index (χ0v) is 6.31. The van der Waals surface area contributed by atoms with Crippen molar-refractivity contribution in [1.29, 1.82) is 0 Å². The Balaban J connectivity index is 2.35. The quantitative estimate of drug-likeness (QED) is 0.661. The first kappa shape index (κ1) is 7.05. The maximum atomic E-state index is 8.75. The molecule has 62 valence electrons. The Morgan fingerprint density at radius 1 is 1.58 bits per heavy atom. The van der Waals surface area contributed by atoms with Gasteiger partial charge in [-0.2, -0.15) is 5.10 Å². The lowest BCUT2D eigenvalue weighted by molar-refractivity contribution is 0.277. The molecule has 2 aromatic rings. The Hall–Kier alpha value is -1.62. The maximum absolute atomic E-state index is 8.75. The highest BCUT2D eigenvalue weighted by atomic mass is 16.3. The second kappa shape index (κ2) is 2.78. The van der Waals surface area contributed by atoms with Crippen molar-refractivity contribution in [3.05, 3.63) is 30.6 Å². The first-order chi connectivity index (χ1) is 5.90. The van der Waals surface area contributed by atoms with Crippen molar-refractivity contribution in [3.8, 4) is 5.69 Å². The molecule has 0 aliphatic rings. The summed E-state index contributed by atoms with van der Waals surface area (Å²) in [4.78, 5) is 3.96. The third kappa shape index (κ3) is 1.10. The molecule has 2 heterocycles. The number of imidazole rings is 1. The van der Waals surface area contributed by atoms with Crippen LogP contribution in [0.25, 0.3) is 5.69 Å². The molecule has 0 aliphatic heterocycles. The summed E-state index contributed by atoms with van der Waals surface area (Å²) in [6.45, 7) is -0.0369. The van der Waals surface area contributed by atoms with Gasteiger partial charge in [-0.3, -0.25) is 5.10 Å². The van der Waals surface area contributed by atoms with Crippen LogP contribution in [0.4, 0.5) is 0 Å². The largest absolute Gasteiger partial charge is 0.390 e. The van der Waals surface area contributed by atoms with Crippen LogP contribution in [0.1, 0.15) is 5.69 Å². The molecule has 0 aromatic carbocycles. The fraction of sp³-hybridized carbons (Fsp3) is 0.143. The molecule has 0 spiro atoms. The fourth-order valence-electron chi connectivity index (χ4n) is 0.972. The summed E-state index contributed by atoms with van der Waals surface area (Å²) in [6.07, 6.45) is 6.83. The summed E-state index contributed by atoms with van der Waals surface area (Å²) in [6, 6.07) is 0. The molecule has 0 saturated heterocycles. The van der Waals surface area contributed by atoms with Crippen molar-refractivity contribution >= 4 is 0 Å². The first-order valence-corrected chi connectivity index (χ1v) is 3.53. The van der Waals surface area contributed by atoms with Crippen molar-refractivity contribution in [3.63, 3.8) is 0 Å². The van der Waals surface area contributed by atoms with Gasteiger partial charge in [-0.15, -0.1) is 0 Å². The van der Waals surface area contributed by atoms with Gasteiger partial charge in [0, 0.05) is 12.4 Å². The van der Waals surface area contributed by atoms with Crippen LogP contribution in [-0.2, 0) is 6.61 Å². The van der Waals surface area contributed by atoms with E-state index >= 15 is 0 Å². The molecule has 0 bridgehead atoms. The van der Waals surface area contributed by atoms with Gasteiger partial charge in [0.2, 0.25) is 0 Å². The molecule has 0 radical (unpaired) electrons. The van der Waals surface area contributed by atoms with E-state index in [0.29, 0.717) is 5.69 Å². The van der Waals surface area contributed by atoms with Crippen molar-refractivity contribution < 1.29 is 5.11 Å². The number of aromatic amines is 1. The van der Waals surface area contributed by atoms with Crippen LogP contribution in [0.15, 0.2) is 24.9 Å². The standard InChI is InChI=1S/C7H8N4O/c12-4-6-3-11(5-8-6)7-1-9-10-2-7/h1-3,5,12H,4H2,(H,9,10). The molecule has 0 atom stereocenters. The summed E-state index contributed by atoms with van der Waals surface area (Å²) in [7, 11) is 0. The van der Waals surface area contributed by atoms with Crippen LogP contribution in [0, 0.1) is 0 Å². The summed E-state index contributed by atoms with van der Waals surface area (Å²) < 4.78 is 1.79. The van der Waals surface area contributed by atoms with Crippen LogP contribution >= 0.6 is 0 Å². The second-order valence-electron chi connectivity index (χ2n) is 2.39. The summed E-state index contributed by atoms with van der Waals surface area (Å²) in [5.41, 5.74) is 1.55. The predicted molar refractivity (Wildman–Crippen MR) is 41.6 cm³/mol. The molecular formula is C7H8N4O. The summed E-state index contributed by atoms with van der Waals surface area (Å²) in [5, 5.41) is 15.2. The number of nitrogens with zero attached hydrogens (tertiary/aromatic N) is 3. The van der Waals surface area contributed by atoms with Gasteiger partial charge in [-0.05, 0) is 0 Å². The van der Waals surface area contributed by atoms with Gasteiger partial charge < -0.3 is 9.67 Å². The van der Waals surface area contributed by atoms with Gasteiger partial charge >= 0.3 is 0 Å². The zero-order valence-electron chi connectivity index (χ0n) is 6.31. The molecule has 0 fully saturated rings. The number of aromatic nitrogens is 4. The molecule has 5 heteroatoms. The van der Waals surface area contributed by atoms with Crippen LogP contribution in [0.5, 0.6) is 0 Å². The van der Waals surface area contributed by atoms with Crippen LogP contribution in [-0.4, -0.2) is 24.9 Å². The Morgan fingerprint density at radius 3 is 3.08 bits per heavy atom. The number of rotatable bonds is 2. The van der Waals surface area contributed by atoms with Crippen LogP contribution in [0.2, 0.25) is 0 Å². The number of H-pyrrole nitrogens is 1. The average Bonchev–Trinajstić information content (AvgIpc) is 2.75. The molecule has 12 heavy (non-hydrogen) atoms. The summed E-state index contributed by atoms with van der Waals surface area (Å²) in [5.74, 6) is 0. The topological polar surface area (TPSA) is 66.7 Å². The van der Waals surface area contributed by atoms with Crippen molar-refractivity contribution in [2.45, 2.75) is 6.61 Å². The van der Waals surface area contributed by atoms with E-state index in [9.17, 15) is 0 Å².